The zero-order valence-electron chi connectivity index (χ0n) is 11.5. The van der Waals surface area contributed by atoms with Gasteiger partial charge in [0.05, 0.1) is 0 Å². The molecule has 2 N–H and O–H groups in total. The molecular weight excluding hydrogens is 282 g/mol. The molecule has 0 amide bonds. The molecule has 6 nitrogen and oxygen atoms in total. The van der Waals surface area contributed by atoms with Crippen LogP contribution in [0.15, 0.2) is 21.6 Å². The summed E-state index contributed by atoms with van der Waals surface area (Å²) >= 11 is 0. The molecule has 0 spiro atoms. The standard InChI is InChI=1S/C13H19NO5S/c1-8-3-4-10(9(2)7-8)14-20(17,18)12-6-5-11(19-12)13(15)16/h5-6,8-10,14H,3-4,7H2,1-2H3,(H,15,16). The maximum atomic E-state index is 12.2. The smallest absolute Gasteiger partial charge is 0.371 e. The maximum absolute atomic E-state index is 12.2. The molecule has 0 radical (unpaired) electrons. The lowest BCUT2D eigenvalue weighted by molar-refractivity contribution is 0.0656. The second-order valence-corrected chi connectivity index (χ2v) is 7.19. The molecule has 3 unspecified atom stereocenters. The molecule has 0 saturated heterocycles. The average Bonchev–Trinajstić information content (AvgIpc) is 2.83. The van der Waals surface area contributed by atoms with E-state index in [4.69, 9.17) is 9.52 Å². The van der Waals surface area contributed by atoms with Crippen LogP contribution in [0.4, 0.5) is 0 Å². The minimum Gasteiger partial charge on any atom is -0.475 e. The van der Waals surface area contributed by atoms with Crippen LogP contribution in [-0.4, -0.2) is 25.5 Å². The molecule has 1 heterocycles. The quantitative estimate of drug-likeness (QED) is 0.887. The molecular formula is C13H19NO5S. The Labute approximate surface area is 118 Å². The highest BCUT2D eigenvalue weighted by molar-refractivity contribution is 7.89. The highest BCUT2D eigenvalue weighted by Crippen LogP contribution is 2.29. The summed E-state index contributed by atoms with van der Waals surface area (Å²) in [6.07, 6.45) is 2.75. The summed E-state index contributed by atoms with van der Waals surface area (Å²) in [4.78, 5) is 10.7. The van der Waals surface area contributed by atoms with E-state index in [0.717, 1.165) is 25.3 Å². The van der Waals surface area contributed by atoms with Crippen molar-refractivity contribution in [2.24, 2.45) is 11.8 Å². The van der Waals surface area contributed by atoms with Gasteiger partial charge >= 0.3 is 5.97 Å². The molecule has 1 saturated carbocycles. The number of carboxylic acids is 1. The van der Waals surface area contributed by atoms with Crippen LogP contribution >= 0.6 is 0 Å². The van der Waals surface area contributed by atoms with E-state index in [2.05, 4.69) is 11.6 Å². The lowest BCUT2D eigenvalue weighted by atomic mass is 9.80. The first kappa shape index (κ1) is 15.1. The molecule has 3 atom stereocenters. The van der Waals surface area contributed by atoms with Crippen molar-refractivity contribution in [3.8, 4) is 0 Å². The van der Waals surface area contributed by atoms with E-state index in [9.17, 15) is 13.2 Å². The predicted octanol–water partition coefficient (Wildman–Crippen LogP) is 2.08. The van der Waals surface area contributed by atoms with E-state index in [0.29, 0.717) is 5.92 Å². The number of sulfonamides is 1. The number of aromatic carboxylic acids is 1. The van der Waals surface area contributed by atoms with Crippen molar-refractivity contribution < 1.29 is 22.7 Å². The van der Waals surface area contributed by atoms with E-state index in [1.165, 1.54) is 6.07 Å². The summed E-state index contributed by atoms with van der Waals surface area (Å²) in [7, 11) is -3.80. The van der Waals surface area contributed by atoms with E-state index < -0.39 is 16.0 Å². The molecule has 112 valence electrons. The van der Waals surface area contributed by atoms with Gasteiger partial charge in [0, 0.05) is 6.04 Å². The van der Waals surface area contributed by atoms with Gasteiger partial charge in [0.15, 0.2) is 0 Å². The molecule has 1 aromatic rings. The minimum absolute atomic E-state index is 0.130. The number of rotatable bonds is 4. The Morgan fingerprint density at radius 3 is 2.60 bits per heavy atom. The monoisotopic (exact) mass is 301 g/mol. The number of carboxylic acid groups (broad SMARTS) is 1. The zero-order valence-corrected chi connectivity index (χ0v) is 12.3. The molecule has 2 rings (SSSR count). The van der Waals surface area contributed by atoms with Gasteiger partial charge < -0.3 is 9.52 Å². The molecule has 0 aliphatic heterocycles. The van der Waals surface area contributed by atoms with Crippen LogP contribution in [0.5, 0.6) is 0 Å². The van der Waals surface area contributed by atoms with Crippen LogP contribution in [0.25, 0.3) is 0 Å². The summed E-state index contributed by atoms with van der Waals surface area (Å²) in [6, 6.07) is 2.18. The fraction of sp³-hybridized carbons (Fsp3) is 0.615. The molecule has 1 aliphatic rings. The zero-order chi connectivity index (χ0) is 14.9. The summed E-state index contributed by atoms with van der Waals surface area (Å²) < 4.78 is 31.8. The summed E-state index contributed by atoms with van der Waals surface area (Å²) in [5.41, 5.74) is 0. The Morgan fingerprint density at radius 1 is 1.35 bits per heavy atom. The highest BCUT2D eigenvalue weighted by Gasteiger charge is 2.31. The number of hydrogen-bond donors (Lipinski definition) is 2. The van der Waals surface area contributed by atoms with Gasteiger partial charge in [0.25, 0.3) is 10.0 Å². The van der Waals surface area contributed by atoms with Crippen molar-refractivity contribution in [1.82, 2.24) is 4.72 Å². The largest absolute Gasteiger partial charge is 0.475 e. The van der Waals surface area contributed by atoms with Gasteiger partial charge in [-0.1, -0.05) is 13.8 Å². The predicted molar refractivity (Wildman–Crippen MR) is 72.0 cm³/mol. The SMILES string of the molecule is CC1CCC(NS(=O)(=O)c2ccc(C(=O)O)o2)C(C)C1. The van der Waals surface area contributed by atoms with E-state index in [1.807, 2.05) is 6.92 Å². The van der Waals surface area contributed by atoms with Crippen molar-refractivity contribution in [1.29, 1.82) is 0 Å². The minimum atomic E-state index is -3.80. The highest BCUT2D eigenvalue weighted by atomic mass is 32.2. The normalized spacial score (nSPS) is 27.4. The third-order valence-electron chi connectivity index (χ3n) is 3.80. The van der Waals surface area contributed by atoms with Crippen LogP contribution < -0.4 is 4.72 Å². The number of nitrogens with one attached hydrogen (secondary N) is 1. The Morgan fingerprint density at radius 2 is 2.05 bits per heavy atom. The molecule has 20 heavy (non-hydrogen) atoms. The van der Waals surface area contributed by atoms with E-state index in [1.54, 1.807) is 0 Å². The lowest BCUT2D eigenvalue weighted by Crippen LogP contribution is -2.42. The van der Waals surface area contributed by atoms with Gasteiger partial charge in [-0.2, -0.15) is 0 Å². The number of furan rings is 1. The first-order valence-electron chi connectivity index (χ1n) is 6.65. The molecule has 7 heteroatoms. The molecule has 1 aromatic heterocycles. The van der Waals surface area contributed by atoms with Crippen molar-refractivity contribution >= 4 is 16.0 Å². The lowest BCUT2D eigenvalue weighted by Gasteiger charge is -2.32. The third kappa shape index (κ3) is 3.21. The number of hydrogen-bond acceptors (Lipinski definition) is 4. The Kier molecular flexibility index (Phi) is 4.19. The summed E-state index contributed by atoms with van der Waals surface area (Å²) in [5, 5.41) is 8.40. The Hall–Kier alpha value is -1.34. The topological polar surface area (TPSA) is 96.6 Å². The van der Waals surface area contributed by atoms with E-state index in [-0.39, 0.29) is 22.8 Å². The number of carbonyl (C=O) groups is 1. The van der Waals surface area contributed by atoms with Gasteiger partial charge in [0.1, 0.15) is 0 Å². The Balaban J connectivity index is 2.12. The van der Waals surface area contributed by atoms with Crippen molar-refractivity contribution in [2.75, 3.05) is 0 Å². The van der Waals surface area contributed by atoms with Gasteiger partial charge in [-0.05, 0) is 43.2 Å². The third-order valence-corrected chi connectivity index (χ3v) is 5.16. The van der Waals surface area contributed by atoms with Crippen LogP contribution in [-0.2, 0) is 10.0 Å². The summed E-state index contributed by atoms with van der Waals surface area (Å²) in [6.45, 7) is 4.18. The second-order valence-electron chi connectivity index (χ2n) is 5.55. The van der Waals surface area contributed by atoms with Crippen molar-refractivity contribution in [3.63, 3.8) is 0 Å². The van der Waals surface area contributed by atoms with Crippen LogP contribution in [0.3, 0.4) is 0 Å². The van der Waals surface area contributed by atoms with Crippen LogP contribution in [0.2, 0.25) is 0 Å². The van der Waals surface area contributed by atoms with Crippen molar-refractivity contribution in [2.45, 2.75) is 44.2 Å². The van der Waals surface area contributed by atoms with Crippen molar-refractivity contribution in [3.05, 3.63) is 17.9 Å². The molecule has 0 bridgehead atoms. The van der Waals surface area contributed by atoms with Gasteiger partial charge in [-0.15, -0.1) is 0 Å². The first-order valence-corrected chi connectivity index (χ1v) is 8.13. The molecule has 1 aliphatic carbocycles. The molecule has 1 fully saturated rings. The molecule has 0 aromatic carbocycles. The van der Waals surface area contributed by atoms with E-state index >= 15 is 0 Å². The van der Waals surface area contributed by atoms with Crippen LogP contribution in [0.1, 0.15) is 43.7 Å². The second kappa shape index (κ2) is 5.57. The Bertz CT molecular complexity index is 592. The van der Waals surface area contributed by atoms with Gasteiger partial charge in [-0.25, -0.2) is 17.9 Å². The first-order chi connectivity index (χ1) is 9.29. The van der Waals surface area contributed by atoms with Crippen LogP contribution in [0, 0.1) is 11.8 Å². The summed E-state index contributed by atoms with van der Waals surface area (Å²) in [5.74, 6) is -0.808. The maximum Gasteiger partial charge on any atom is 0.371 e. The van der Waals surface area contributed by atoms with Gasteiger partial charge in [0.2, 0.25) is 10.9 Å². The fourth-order valence-corrected chi connectivity index (χ4v) is 3.99. The average molecular weight is 301 g/mol. The fourth-order valence-electron chi connectivity index (χ4n) is 2.68. The van der Waals surface area contributed by atoms with Gasteiger partial charge in [-0.3, -0.25) is 0 Å².